The lowest BCUT2D eigenvalue weighted by Gasteiger charge is -2.40. The van der Waals surface area contributed by atoms with E-state index >= 15 is 0 Å². The van der Waals surface area contributed by atoms with E-state index in [0.717, 1.165) is 0 Å². The van der Waals surface area contributed by atoms with Crippen molar-refractivity contribution in [2.75, 3.05) is 6.61 Å². The van der Waals surface area contributed by atoms with Crippen molar-refractivity contribution in [3.8, 4) is 0 Å². The second-order valence-electron chi connectivity index (χ2n) is 3.27. The first kappa shape index (κ1) is 14.0. The number of ether oxygens (including phenoxy) is 1. The van der Waals surface area contributed by atoms with Crippen molar-refractivity contribution in [1.82, 2.24) is 0 Å². The maximum Gasteiger partial charge on any atom is 0.267 e. The van der Waals surface area contributed by atoms with Crippen LogP contribution in [0.3, 0.4) is 0 Å². The number of phosphoric ester groups is 1. The van der Waals surface area contributed by atoms with Crippen molar-refractivity contribution in [1.29, 1.82) is 0 Å². The molecule has 0 aromatic rings. The molecule has 1 aliphatic rings. The molecule has 0 radical (unpaired) electrons. The van der Waals surface area contributed by atoms with Crippen LogP contribution in [0.25, 0.3) is 0 Å². The second-order valence-corrected chi connectivity index (χ2v) is 4.42. The van der Waals surface area contributed by atoms with Crippen molar-refractivity contribution in [2.24, 2.45) is 0 Å². The molecule has 1 fully saturated rings. The van der Waals surface area contributed by atoms with Gasteiger partial charge in [0, 0.05) is 0 Å². The van der Waals surface area contributed by atoms with E-state index in [1.807, 2.05) is 0 Å². The molecule has 1 aliphatic heterocycles. The van der Waals surface area contributed by atoms with E-state index in [2.05, 4.69) is 9.26 Å². The molecular weight excluding hydrogens is 247 g/mol. The summed E-state index contributed by atoms with van der Waals surface area (Å²) in [5.74, 6) is 0. The molecular formula is C6H12O9P-. The molecule has 96 valence electrons. The van der Waals surface area contributed by atoms with Crippen molar-refractivity contribution >= 4 is 7.82 Å². The van der Waals surface area contributed by atoms with Crippen LogP contribution < -0.4 is 4.89 Å². The predicted molar refractivity (Wildman–Crippen MR) is 44.7 cm³/mol. The Bertz CT molecular complexity index is 275. The summed E-state index contributed by atoms with van der Waals surface area (Å²) >= 11 is 0. The zero-order valence-corrected chi connectivity index (χ0v) is 8.80. The molecule has 4 unspecified atom stereocenters. The molecule has 16 heavy (non-hydrogen) atoms. The Hall–Kier alpha value is -0.0900. The first-order valence-corrected chi connectivity index (χ1v) is 5.78. The topological polar surface area (TPSA) is 160 Å². The summed E-state index contributed by atoms with van der Waals surface area (Å²) < 4.78 is 19.0. The molecule has 6 atom stereocenters. The Morgan fingerprint density at radius 1 is 1.25 bits per heavy atom. The number of phosphoric acid groups is 1. The SMILES string of the molecule is O=P([O-])(O)O[C@@H]1OC(CO)[C@H](O)C(O)C1O. The van der Waals surface area contributed by atoms with Crippen molar-refractivity contribution in [2.45, 2.75) is 30.7 Å². The maximum atomic E-state index is 10.4. The van der Waals surface area contributed by atoms with Crippen LogP contribution in [0.15, 0.2) is 0 Å². The van der Waals surface area contributed by atoms with Gasteiger partial charge in [-0.05, 0) is 0 Å². The third-order valence-electron chi connectivity index (χ3n) is 2.09. The molecule has 5 N–H and O–H groups in total. The van der Waals surface area contributed by atoms with Crippen LogP contribution in [0.5, 0.6) is 0 Å². The predicted octanol–water partition coefficient (Wildman–Crippen LogP) is -3.74. The standard InChI is InChI=1S/C6H13O9P/c7-1-2-3(8)4(9)5(10)6(14-2)15-16(11,12)13/h2-10H,1H2,(H2,11,12,13)/p-1/t2?,3-,4?,5?,6-/m0/s1. The molecule has 1 heterocycles. The van der Waals surface area contributed by atoms with Gasteiger partial charge >= 0.3 is 0 Å². The number of hydrogen-bond donors (Lipinski definition) is 5. The highest BCUT2D eigenvalue weighted by Gasteiger charge is 2.45. The average Bonchev–Trinajstić information content (AvgIpc) is 2.17. The Morgan fingerprint density at radius 3 is 2.25 bits per heavy atom. The van der Waals surface area contributed by atoms with E-state index in [1.54, 1.807) is 0 Å². The Labute approximate surface area is 90.1 Å². The minimum Gasteiger partial charge on any atom is -0.756 e. The van der Waals surface area contributed by atoms with E-state index in [-0.39, 0.29) is 0 Å². The molecule has 0 aromatic heterocycles. The summed E-state index contributed by atoms with van der Waals surface area (Å²) in [7, 11) is -5.16. The summed E-state index contributed by atoms with van der Waals surface area (Å²) in [5, 5.41) is 36.5. The monoisotopic (exact) mass is 259 g/mol. The molecule has 1 rings (SSSR count). The number of hydrogen-bond acceptors (Lipinski definition) is 8. The summed E-state index contributed by atoms with van der Waals surface area (Å²) in [6.07, 6.45) is -8.43. The Morgan fingerprint density at radius 2 is 1.81 bits per heavy atom. The quantitative estimate of drug-likeness (QED) is 0.321. The van der Waals surface area contributed by atoms with Gasteiger partial charge in [0.05, 0.1) is 6.61 Å². The summed E-state index contributed by atoms with van der Waals surface area (Å²) in [5.41, 5.74) is 0. The van der Waals surface area contributed by atoms with E-state index < -0.39 is 45.1 Å². The molecule has 0 aliphatic carbocycles. The molecule has 0 saturated carbocycles. The summed E-state index contributed by atoms with van der Waals surface area (Å²) in [6, 6.07) is 0. The largest absolute Gasteiger partial charge is 0.756 e. The fourth-order valence-corrected chi connectivity index (χ4v) is 1.72. The van der Waals surface area contributed by atoms with Crippen molar-refractivity contribution in [3.05, 3.63) is 0 Å². The lowest BCUT2D eigenvalue weighted by atomic mass is 10.00. The molecule has 1 saturated heterocycles. The number of aliphatic hydroxyl groups is 4. The van der Waals surface area contributed by atoms with Crippen molar-refractivity contribution in [3.63, 3.8) is 0 Å². The minimum atomic E-state index is -5.16. The van der Waals surface area contributed by atoms with Gasteiger partial charge in [-0.3, -0.25) is 9.09 Å². The van der Waals surface area contributed by atoms with Crippen LogP contribution in [0.4, 0.5) is 0 Å². The van der Waals surface area contributed by atoms with Gasteiger partial charge < -0.3 is 34.9 Å². The van der Waals surface area contributed by atoms with Crippen LogP contribution in [0, 0.1) is 0 Å². The zero-order chi connectivity index (χ0) is 12.5. The van der Waals surface area contributed by atoms with Crippen LogP contribution in [-0.4, -0.2) is 62.6 Å². The molecule has 9 nitrogen and oxygen atoms in total. The van der Waals surface area contributed by atoms with Gasteiger partial charge in [0.1, 0.15) is 24.4 Å². The normalized spacial score (nSPS) is 44.0. The lowest BCUT2D eigenvalue weighted by molar-refractivity contribution is -0.302. The summed E-state index contributed by atoms with van der Waals surface area (Å²) in [4.78, 5) is 18.8. The second kappa shape index (κ2) is 5.05. The van der Waals surface area contributed by atoms with Gasteiger partial charge in [-0.15, -0.1) is 0 Å². The Balaban J connectivity index is 2.75. The highest BCUT2D eigenvalue weighted by molar-refractivity contribution is 7.44. The van der Waals surface area contributed by atoms with E-state index in [4.69, 9.17) is 10.00 Å². The van der Waals surface area contributed by atoms with Gasteiger partial charge in [-0.1, -0.05) is 0 Å². The smallest absolute Gasteiger partial charge is 0.267 e. The van der Waals surface area contributed by atoms with E-state index in [1.165, 1.54) is 0 Å². The van der Waals surface area contributed by atoms with Gasteiger partial charge in [0.25, 0.3) is 7.82 Å². The molecule has 10 heteroatoms. The minimum absolute atomic E-state index is 0.723. The summed E-state index contributed by atoms with van der Waals surface area (Å²) in [6.45, 7) is -0.723. The van der Waals surface area contributed by atoms with Crippen LogP contribution in [0.1, 0.15) is 0 Å². The third kappa shape index (κ3) is 3.20. The van der Waals surface area contributed by atoms with Gasteiger partial charge in [-0.2, -0.15) is 0 Å². The third-order valence-corrected chi connectivity index (χ3v) is 2.56. The van der Waals surface area contributed by atoms with Crippen LogP contribution in [-0.2, 0) is 13.8 Å². The number of rotatable bonds is 3. The average molecular weight is 259 g/mol. The maximum absolute atomic E-state index is 10.4. The van der Waals surface area contributed by atoms with E-state index in [9.17, 15) is 24.8 Å². The van der Waals surface area contributed by atoms with Crippen molar-refractivity contribution < 1.29 is 44.0 Å². The Kier molecular flexibility index (Phi) is 4.41. The van der Waals surface area contributed by atoms with Gasteiger partial charge in [0.2, 0.25) is 0 Å². The van der Waals surface area contributed by atoms with E-state index in [0.29, 0.717) is 0 Å². The van der Waals surface area contributed by atoms with Gasteiger partial charge in [0.15, 0.2) is 6.29 Å². The molecule has 0 aromatic carbocycles. The van der Waals surface area contributed by atoms with Crippen LogP contribution >= 0.6 is 7.82 Å². The fourth-order valence-electron chi connectivity index (χ4n) is 1.29. The molecule has 0 bridgehead atoms. The zero-order valence-electron chi connectivity index (χ0n) is 7.91. The fraction of sp³-hybridized carbons (Fsp3) is 1.00. The first-order chi connectivity index (χ1) is 7.26. The molecule has 0 spiro atoms. The highest BCUT2D eigenvalue weighted by atomic mass is 31.2. The highest BCUT2D eigenvalue weighted by Crippen LogP contribution is 2.36. The lowest BCUT2D eigenvalue weighted by Crippen LogP contribution is -2.59. The first-order valence-electron chi connectivity index (χ1n) is 4.29. The molecule has 0 amide bonds. The van der Waals surface area contributed by atoms with Crippen LogP contribution in [0.2, 0.25) is 0 Å². The number of aliphatic hydroxyl groups excluding tert-OH is 4. The van der Waals surface area contributed by atoms with Gasteiger partial charge in [-0.25, -0.2) is 0 Å².